The number of amides is 1. The highest BCUT2D eigenvalue weighted by Gasteiger charge is 2.20. The lowest BCUT2D eigenvalue weighted by molar-refractivity contribution is 0.100. The maximum atomic E-state index is 12.0. The van der Waals surface area contributed by atoms with E-state index in [9.17, 15) is 13.2 Å². The van der Waals surface area contributed by atoms with Crippen LogP contribution in [-0.2, 0) is 10.0 Å². The Hall–Kier alpha value is -2.84. The highest BCUT2D eigenvalue weighted by molar-refractivity contribution is 7.92. The summed E-state index contributed by atoms with van der Waals surface area (Å²) in [5, 5.41) is 4.83. The molecule has 1 heterocycles. The number of carbonyl (C=O) groups excluding carboxylic acids is 1. The van der Waals surface area contributed by atoms with Crippen LogP contribution in [0, 0.1) is 0 Å². The fraction of sp³-hybridized carbons (Fsp3) is 0.158. The fourth-order valence-electron chi connectivity index (χ4n) is 2.87. The molecule has 1 aromatic heterocycles. The van der Waals surface area contributed by atoms with Gasteiger partial charge in [-0.1, -0.05) is 41.9 Å². The third-order valence-corrected chi connectivity index (χ3v) is 4.98. The standard InChI is InChI=1S/C19H19ClN4O3S/c1-12(13-6-4-3-5-7-13)24-11-17(19(21)25)18(22-24)14-8-15(20)10-16(9-14)23-28(2,26)27/h3-12,23H,1-2H3,(H2,21,25). The molecule has 0 aliphatic carbocycles. The maximum absolute atomic E-state index is 12.0. The van der Waals surface area contributed by atoms with Gasteiger partial charge in [-0.15, -0.1) is 0 Å². The topological polar surface area (TPSA) is 107 Å². The molecular weight excluding hydrogens is 400 g/mol. The number of primary amides is 1. The van der Waals surface area contributed by atoms with E-state index in [1.54, 1.807) is 23.0 Å². The molecule has 0 aliphatic rings. The molecule has 0 saturated carbocycles. The number of sulfonamides is 1. The fourth-order valence-corrected chi connectivity index (χ4v) is 3.65. The van der Waals surface area contributed by atoms with Crippen molar-refractivity contribution in [2.24, 2.45) is 5.73 Å². The smallest absolute Gasteiger partial charge is 0.252 e. The molecule has 0 aliphatic heterocycles. The summed E-state index contributed by atoms with van der Waals surface area (Å²) in [6.45, 7) is 1.95. The molecule has 1 atom stereocenters. The Bertz CT molecular complexity index is 1130. The summed E-state index contributed by atoms with van der Waals surface area (Å²) in [4.78, 5) is 12.0. The second-order valence-corrected chi connectivity index (χ2v) is 8.61. The molecule has 0 fully saturated rings. The molecule has 9 heteroatoms. The lowest BCUT2D eigenvalue weighted by atomic mass is 10.1. The molecule has 1 unspecified atom stereocenters. The average molecular weight is 419 g/mol. The molecule has 2 aromatic carbocycles. The van der Waals surface area contributed by atoms with Gasteiger partial charge in [0.05, 0.1) is 23.5 Å². The Labute approximate surface area is 168 Å². The number of aromatic nitrogens is 2. The summed E-state index contributed by atoms with van der Waals surface area (Å²) in [5.74, 6) is -0.640. The van der Waals surface area contributed by atoms with Crippen molar-refractivity contribution in [3.05, 3.63) is 70.9 Å². The van der Waals surface area contributed by atoms with Crippen molar-refractivity contribution in [2.45, 2.75) is 13.0 Å². The second kappa shape index (κ2) is 7.65. The Kier molecular flexibility index (Phi) is 5.44. The van der Waals surface area contributed by atoms with Gasteiger partial charge in [0.15, 0.2) is 0 Å². The highest BCUT2D eigenvalue weighted by atomic mass is 35.5. The number of nitrogens with two attached hydrogens (primary N) is 1. The van der Waals surface area contributed by atoms with Crippen LogP contribution >= 0.6 is 11.6 Å². The van der Waals surface area contributed by atoms with Gasteiger partial charge in [0.25, 0.3) is 5.91 Å². The summed E-state index contributed by atoms with van der Waals surface area (Å²) in [6.07, 6.45) is 2.62. The second-order valence-electron chi connectivity index (χ2n) is 6.43. The Morgan fingerprint density at radius 1 is 1.21 bits per heavy atom. The van der Waals surface area contributed by atoms with Crippen molar-refractivity contribution in [1.82, 2.24) is 9.78 Å². The zero-order chi connectivity index (χ0) is 20.5. The first-order valence-electron chi connectivity index (χ1n) is 8.36. The summed E-state index contributed by atoms with van der Waals surface area (Å²) >= 11 is 6.14. The van der Waals surface area contributed by atoms with Gasteiger partial charge in [0.2, 0.25) is 10.0 Å². The van der Waals surface area contributed by atoms with Crippen molar-refractivity contribution in [2.75, 3.05) is 11.0 Å². The molecule has 3 rings (SSSR count). The van der Waals surface area contributed by atoms with Crippen molar-refractivity contribution in [1.29, 1.82) is 0 Å². The van der Waals surface area contributed by atoms with E-state index in [1.165, 1.54) is 6.07 Å². The minimum absolute atomic E-state index is 0.138. The van der Waals surface area contributed by atoms with E-state index in [2.05, 4.69) is 9.82 Å². The van der Waals surface area contributed by atoms with E-state index < -0.39 is 15.9 Å². The van der Waals surface area contributed by atoms with Crippen molar-refractivity contribution in [3.63, 3.8) is 0 Å². The van der Waals surface area contributed by atoms with E-state index in [4.69, 9.17) is 17.3 Å². The van der Waals surface area contributed by atoms with Gasteiger partial charge in [-0.3, -0.25) is 14.2 Å². The molecule has 0 spiro atoms. The molecule has 28 heavy (non-hydrogen) atoms. The number of anilines is 1. The van der Waals surface area contributed by atoms with Gasteiger partial charge >= 0.3 is 0 Å². The van der Waals surface area contributed by atoms with Crippen LogP contribution in [0.4, 0.5) is 5.69 Å². The number of hydrogen-bond acceptors (Lipinski definition) is 4. The Morgan fingerprint density at radius 2 is 1.89 bits per heavy atom. The van der Waals surface area contributed by atoms with Crippen molar-refractivity contribution < 1.29 is 13.2 Å². The van der Waals surface area contributed by atoms with E-state index >= 15 is 0 Å². The monoisotopic (exact) mass is 418 g/mol. The predicted octanol–water partition coefficient (Wildman–Crippen LogP) is 3.28. The largest absolute Gasteiger partial charge is 0.365 e. The number of carbonyl (C=O) groups is 1. The van der Waals surface area contributed by atoms with Crippen LogP contribution < -0.4 is 10.5 Å². The first-order valence-corrected chi connectivity index (χ1v) is 10.6. The molecular formula is C19H19ClN4O3S. The molecule has 0 radical (unpaired) electrons. The molecule has 146 valence electrons. The number of hydrogen-bond donors (Lipinski definition) is 2. The lowest BCUT2D eigenvalue weighted by Crippen LogP contribution is -2.12. The zero-order valence-electron chi connectivity index (χ0n) is 15.3. The zero-order valence-corrected chi connectivity index (χ0v) is 16.8. The van der Waals surface area contributed by atoms with Gasteiger partial charge < -0.3 is 5.73 Å². The molecule has 1 amide bonds. The number of benzene rings is 2. The van der Waals surface area contributed by atoms with Gasteiger partial charge in [0, 0.05) is 16.8 Å². The summed E-state index contributed by atoms with van der Waals surface area (Å²) in [7, 11) is -3.49. The third kappa shape index (κ3) is 4.52. The summed E-state index contributed by atoms with van der Waals surface area (Å²) in [6, 6.07) is 14.2. The summed E-state index contributed by atoms with van der Waals surface area (Å²) in [5.41, 5.74) is 7.85. The van der Waals surface area contributed by atoms with Crippen LogP contribution in [0.25, 0.3) is 11.3 Å². The van der Waals surface area contributed by atoms with E-state index in [0.717, 1.165) is 11.8 Å². The average Bonchev–Trinajstić information content (AvgIpc) is 3.05. The van der Waals surface area contributed by atoms with Gasteiger partial charge in [0.1, 0.15) is 5.69 Å². The summed E-state index contributed by atoms with van der Waals surface area (Å²) < 4.78 is 27.1. The van der Waals surface area contributed by atoms with E-state index in [-0.39, 0.29) is 17.3 Å². The first-order chi connectivity index (χ1) is 13.1. The van der Waals surface area contributed by atoms with Crippen LogP contribution in [0.1, 0.15) is 28.9 Å². The van der Waals surface area contributed by atoms with Crippen LogP contribution in [0.3, 0.4) is 0 Å². The van der Waals surface area contributed by atoms with Gasteiger partial charge in [-0.2, -0.15) is 5.10 Å². The van der Waals surface area contributed by atoms with Gasteiger partial charge in [-0.05, 0) is 30.7 Å². The third-order valence-electron chi connectivity index (χ3n) is 4.15. The van der Waals surface area contributed by atoms with Crippen molar-refractivity contribution >= 4 is 33.2 Å². The Morgan fingerprint density at radius 3 is 2.50 bits per heavy atom. The highest BCUT2D eigenvalue weighted by Crippen LogP contribution is 2.30. The van der Waals surface area contributed by atoms with E-state index in [0.29, 0.717) is 16.3 Å². The predicted molar refractivity (Wildman–Crippen MR) is 110 cm³/mol. The SMILES string of the molecule is CC(c1ccccc1)n1cc(C(N)=O)c(-c2cc(Cl)cc(NS(C)(=O)=O)c2)n1. The number of rotatable bonds is 6. The molecule has 0 bridgehead atoms. The number of nitrogens with zero attached hydrogens (tertiary/aromatic N) is 2. The molecule has 0 saturated heterocycles. The van der Waals surface area contributed by atoms with Crippen LogP contribution in [-0.4, -0.2) is 30.4 Å². The van der Waals surface area contributed by atoms with Gasteiger partial charge in [-0.25, -0.2) is 8.42 Å². The Balaban J connectivity index is 2.09. The van der Waals surface area contributed by atoms with Crippen LogP contribution in [0.15, 0.2) is 54.7 Å². The normalized spacial score (nSPS) is 12.5. The first kappa shape index (κ1) is 19.9. The quantitative estimate of drug-likeness (QED) is 0.640. The molecule has 7 nitrogen and oxygen atoms in total. The minimum atomic E-state index is -3.49. The maximum Gasteiger partial charge on any atom is 0.252 e. The lowest BCUT2D eigenvalue weighted by Gasteiger charge is -2.12. The van der Waals surface area contributed by atoms with Crippen LogP contribution in [0.5, 0.6) is 0 Å². The molecule has 3 N–H and O–H groups in total. The van der Waals surface area contributed by atoms with E-state index in [1.807, 2.05) is 37.3 Å². The number of halogens is 1. The van der Waals surface area contributed by atoms with Crippen molar-refractivity contribution in [3.8, 4) is 11.3 Å². The minimum Gasteiger partial charge on any atom is -0.365 e. The number of nitrogens with one attached hydrogen (secondary N) is 1. The molecule has 3 aromatic rings. The van der Waals surface area contributed by atoms with Crippen LogP contribution in [0.2, 0.25) is 5.02 Å².